The van der Waals surface area contributed by atoms with Gasteiger partial charge >= 0.3 is 5.97 Å². The minimum Gasteiger partial charge on any atom is -0.478 e. The summed E-state index contributed by atoms with van der Waals surface area (Å²) >= 11 is 0.752. The SMILES string of the molecule is CC1CCN(C(=O)CN2C(=O)S/C(=C\c3ccc(-c4ccccc4C(=O)O)o3)C2=O)CC1. The minimum absolute atomic E-state index is 0.0966. The zero-order valence-electron chi connectivity index (χ0n) is 17.4. The maximum absolute atomic E-state index is 12.7. The fourth-order valence-electron chi connectivity index (χ4n) is 3.72. The van der Waals surface area contributed by atoms with Crippen molar-refractivity contribution in [2.45, 2.75) is 19.8 Å². The summed E-state index contributed by atoms with van der Waals surface area (Å²) in [7, 11) is 0. The van der Waals surface area contributed by atoms with E-state index < -0.39 is 17.1 Å². The normalized spacial score (nSPS) is 18.6. The van der Waals surface area contributed by atoms with Gasteiger partial charge in [0.1, 0.15) is 18.1 Å². The highest BCUT2D eigenvalue weighted by atomic mass is 32.2. The Kier molecular flexibility index (Phi) is 6.18. The van der Waals surface area contributed by atoms with Crippen molar-refractivity contribution >= 4 is 40.9 Å². The Morgan fingerprint density at radius 3 is 2.59 bits per heavy atom. The van der Waals surface area contributed by atoms with E-state index in [-0.39, 0.29) is 22.9 Å². The predicted octanol–water partition coefficient (Wildman–Crippen LogP) is 3.94. The molecule has 0 saturated carbocycles. The topological polar surface area (TPSA) is 108 Å². The van der Waals surface area contributed by atoms with Crippen molar-refractivity contribution in [3.8, 4) is 11.3 Å². The number of carbonyl (C=O) groups excluding carboxylic acids is 3. The Morgan fingerprint density at radius 2 is 1.88 bits per heavy atom. The fourth-order valence-corrected chi connectivity index (χ4v) is 4.54. The molecule has 2 fully saturated rings. The Bertz CT molecular complexity index is 1110. The predicted molar refractivity (Wildman–Crippen MR) is 119 cm³/mol. The van der Waals surface area contributed by atoms with Crippen LogP contribution in [0.1, 0.15) is 35.9 Å². The summed E-state index contributed by atoms with van der Waals surface area (Å²) in [5.74, 6) is -0.633. The van der Waals surface area contributed by atoms with Crippen LogP contribution in [0.4, 0.5) is 4.79 Å². The van der Waals surface area contributed by atoms with Gasteiger partial charge in [0.25, 0.3) is 11.1 Å². The van der Waals surface area contributed by atoms with Crippen LogP contribution in [0.15, 0.2) is 45.7 Å². The summed E-state index contributed by atoms with van der Waals surface area (Å²) < 4.78 is 5.72. The van der Waals surface area contributed by atoms with Gasteiger partial charge in [0, 0.05) is 24.7 Å². The first-order valence-corrected chi connectivity index (χ1v) is 11.1. The van der Waals surface area contributed by atoms with Crippen LogP contribution in [0.25, 0.3) is 17.4 Å². The van der Waals surface area contributed by atoms with Crippen molar-refractivity contribution in [1.29, 1.82) is 0 Å². The zero-order valence-corrected chi connectivity index (χ0v) is 18.3. The third kappa shape index (κ3) is 4.47. The molecule has 3 amide bonds. The smallest absolute Gasteiger partial charge is 0.336 e. The number of hydrogen-bond donors (Lipinski definition) is 1. The van der Waals surface area contributed by atoms with E-state index in [4.69, 9.17) is 4.42 Å². The van der Waals surface area contributed by atoms with Crippen LogP contribution in [0.2, 0.25) is 0 Å². The first-order valence-electron chi connectivity index (χ1n) is 10.3. The van der Waals surface area contributed by atoms with Crippen molar-refractivity contribution in [3.05, 3.63) is 52.6 Å². The van der Waals surface area contributed by atoms with Crippen LogP contribution >= 0.6 is 11.8 Å². The molecule has 1 N–H and O–H groups in total. The van der Waals surface area contributed by atoms with Gasteiger partial charge < -0.3 is 14.4 Å². The second kappa shape index (κ2) is 9.04. The van der Waals surface area contributed by atoms with Gasteiger partial charge in [0.05, 0.1) is 10.5 Å². The molecule has 0 bridgehead atoms. The number of benzene rings is 1. The van der Waals surface area contributed by atoms with Gasteiger partial charge in [-0.25, -0.2) is 4.79 Å². The molecule has 9 heteroatoms. The maximum Gasteiger partial charge on any atom is 0.336 e. The number of carboxylic acids is 1. The number of furan rings is 1. The molecule has 32 heavy (non-hydrogen) atoms. The fraction of sp³-hybridized carbons (Fsp3) is 0.304. The van der Waals surface area contributed by atoms with Gasteiger partial charge in [-0.05, 0) is 48.7 Å². The van der Waals surface area contributed by atoms with E-state index in [2.05, 4.69) is 6.92 Å². The van der Waals surface area contributed by atoms with Crippen molar-refractivity contribution in [1.82, 2.24) is 9.80 Å². The first kappa shape index (κ1) is 21.9. The number of carbonyl (C=O) groups is 4. The summed E-state index contributed by atoms with van der Waals surface area (Å²) in [5.41, 5.74) is 0.508. The van der Waals surface area contributed by atoms with Crippen molar-refractivity contribution in [2.75, 3.05) is 19.6 Å². The van der Waals surface area contributed by atoms with E-state index in [1.165, 1.54) is 12.1 Å². The summed E-state index contributed by atoms with van der Waals surface area (Å²) in [6.45, 7) is 3.15. The number of likely N-dealkylation sites (tertiary alicyclic amines) is 1. The lowest BCUT2D eigenvalue weighted by molar-refractivity contribution is -0.136. The van der Waals surface area contributed by atoms with E-state index in [1.54, 1.807) is 35.2 Å². The van der Waals surface area contributed by atoms with Crippen LogP contribution in [0.5, 0.6) is 0 Å². The number of amides is 3. The average Bonchev–Trinajstić information content (AvgIpc) is 3.34. The number of nitrogens with zero attached hydrogens (tertiary/aromatic N) is 2. The molecular formula is C23H22N2O6S. The summed E-state index contributed by atoms with van der Waals surface area (Å²) in [6, 6.07) is 9.65. The molecule has 0 atom stereocenters. The quantitative estimate of drug-likeness (QED) is 0.682. The molecule has 166 valence electrons. The van der Waals surface area contributed by atoms with E-state index in [0.29, 0.717) is 36.1 Å². The summed E-state index contributed by atoms with van der Waals surface area (Å²) in [4.78, 5) is 51.9. The van der Waals surface area contributed by atoms with E-state index >= 15 is 0 Å². The van der Waals surface area contributed by atoms with E-state index in [0.717, 1.165) is 29.5 Å². The van der Waals surface area contributed by atoms with Gasteiger partial charge in [-0.15, -0.1) is 0 Å². The number of thioether (sulfide) groups is 1. The lowest BCUT2D eigenvalue weighted by atomic mass is 9.99. The van der Waals surface area contributed by atoms with E-state index in [9.17, 15) is 24.3 Å². The molecule has 0 spiro atoms. The van der Waals surface area contributed by atoms with E-state index in [1.807, 2.05) is 0 Å². The first-order chi connectivity index (χ1) is 15.3. The van der Waals surface area contributed by atoms with Gasteiger partial charge in [0.2, 0.25) is 5.91 Å². The van der Waals surface area contributed by atoms with Crippen molar-refractivity contribution in [3.63, 3.8) is 0 Å². The third-order valence-corrected chi connectivity index (χ3v) is 6.53. The Hall–Kier alpha value is -3.33. The molecule has 1 aromatic heterocycles. The molecule has 2 aromatic rings. The second-order valence-corrected chi connectivity index (χ2v) is 8.88. The van der Waals surface area contributed by atoms with Crippen LogP contribution in [0.3, 0.4) is 0 Å². The number of aromatic carboxylic acids is 1. The molecule has 2 saturated heterocycles. The highest BCUT2D eigenvalue weighted by molar-refractivity contribution is 8.18. The largest absolute Gasteiger partial charge is 0.478 e. The highest BCUT2D eigenvalue weighted by Crippen LogP contribution is 2.34. The number of imide groups is 1. The molecule has 2 aliphatic rings. The monoisotopic (exact) mass is 454 g/mol. The van der Waals surface area contributed by atoms with Gasteiger partial charge in [-0.3, -0.25) is 19.3 Å². The number of piperidine rings is 1. The number of hydrogen-bond acceptors (Lipinski definition) is 6. The average molecular weight is 455 g/mol. The molecule has 0 aliphatic carbocycles. The second-order valence-electron chi connectivity index (χ2n) is 7.88. The molecule has 2 aliphatic heterocycles. The lowest BCUT2D eigenvalue weighted by Gasteiger charge is -2.31. The van der Waals surface area contributed by atoms with Crippen LogP contribution in [0, 0.1) is 5.92 Å². The highest BCUT2D eigenvalue weighted by Gasteiger charge is 2.37. The molecule has 8 nitrogen and oxygen atoms in total. The minimum atomic E-state index is -1.08. The Morgan fingerprint density at radius 1 is 1.16 bits per heavy atom. The van der Waals surface area contributed by atoms with Crippen molar-refractivity contribution in [2.24, 2.45) is 5.92 Å². The zero-order chi connectivity index (χ0) is 22.8. The molecule has 1 aromatic carbocycles. The molecule has 4 rings (SSSR count). The molecule has 0 radical (unpaired) electrons. The van der Waals surface area contributed by atoms with Gasteiger partial charge in [-0.1, -0.05) is 25.1 Å². The van der Waals surface area contributed by atoms with Crippen LogP contribution in [-0.2, 0) is 9.59 Å². The van der Waals surface area contributed by atoms with Gasteiger partial charge in [-0.2, -0.15) is 0 Å². The number of rotatable bonds is 5. The van der Waals surface area contributed by atoms with Crippen LogP contribution < -0.4 is 0 Å². The molecule has 0 unspecified atom stereocenters. The van der Waals surface area contributed by atoms with Gasteiger partial charge in [0.15, 0.2) is 0 Å². The summed E-state index contributed by atoms with van der Waals surface area (Å²) in [6.07, 6.45) is 3.27. The molecule has 3 heterocycles. The lowest BCUT2D eigenvalue weighted by Crippen LogP contribution is -2.45. The standard InChI is InChI=1S/C23H22N2O6S/c1-14-8-10-24(11-9-14)20(26)13-25-21(27)19(32-23(25)30)12-15-6-7-18(31-15)16-4-2-3-5-17(16)22(28)29/h2-7,12,14H,8-11,13H2,1H3,(H,28,29)/b19-12-. The third-order valence-electron chi connectivity index (χ3n) is 5.63. The number of carboxylic acid groups (broad SMARTS) is 1. The maximum atomic E-state index is 12.7. The van der Waals surface area contributed by atoms with Crippen molar-refractivity contribution < 1.29 is 28.7 Å². The van der Waals surface area contributed by atoms with Crippen LogP contribution in [-0.4, -0.2) is 57.6 Å². The Balaban J connectivity index is 1.48. The molecular weight excluding hydrogens is 432 g/mol. The Labute approximate surface area is 188 Å². The summed E-state index contributed by atoms with van der Waals surface area (Å²) in [5, 5.41) is 8.86.